The third-order valence-corrected chi connectivity index (χ3v) is 4.50. The molecule has 1 amide bonds. The van der Waals surface area contributed by atoms with E-state index in [1.807, 2.05) is 24.3 Å². The van der Waals surface area contributed by atoms with E-state index < -0.39 is 0 Å². The number of nitrogens with one attached hydrogen (secondary N) is 1. The first kappa shape index (κ1) is 18.3. The van der Waals surface area contributed by atoms with Gasteiger partial charge in [-0.15, -0.1) is 0 Å². The second kappa shape index (κ2) is 7.82. The van der Waals surface area contributed by atoms with Gasteiger partial charge in [-0.1, -0.05) is 41.9 Å². The summed E-state index contributed by atoms with van der Waals surface area (Å²) in [6.45, 7) is 4.67. The second-order valence-corrected chi connectivity index (χ2v) is 7.41. The van der Waals surface area contributed by atoms with Gasteiger partial charge < -0.3 is 5.32 Å². The van der Waals surface area contributed by atoms with Gasteiger partial charge in [0.15, 0.2) is 0 Å². The first-order valence-electron chi connectivity index (χ1n) is 8.42. The van der Waals surface area contributed by atoms with Crippen LogP contribution in [-0.4, -0.2) is 31.8 Å². The first-order chi connectivity index (χ1) is 12.4. The Hall–Kier alpha value is -2.48. The zero-order valence-electron chi connectivity index (χ0n) is 14.6. The SMILES string of the molecule is CC(C)CCNC(=O)Cn1ncn2nc(-c3ccc(Br)cc3)cc2c1=O. The molecule has 26 heavy (non-hydrogen) atoms. The Morgan fingerprint density at radius 2 is 2.00 bits per heavy atom. The number of nitrogens with zero attached hydrogens (tertiary/aromatic N) is 4. The van der Waals surface area contributed by atoms with Gasteiger partial charge in [0.1, 0.15) is 18.4 Å². The van der Waals surface area contributed by atoms with Crippen molar-refractivity contribution in [2.24, 2.45) is 5.92 Å². The topological polar surface area (TPSA) is 81.3 Å². The van der Waals surface area contributed by atoms with Crippen molar-refractivity contribution in [1.82, 2.24) is 24.7 Å². The minimum Gasteiger partial charge on any atom is -0.354 e. The van der Waals surface area contributed by atoms with E-state index in [0.29, 0.717) is 23.7 Å². The predicted octanol–water partition coefficient (Wildman–Crippen LogP) is 2.48. The fourth-order valence-electron chi connectivity index (χ4n) is 2.50. The Kier molecular flexibility index (Phi) is 5.51. The molecule has 3 rings (SSSR count). The molecule has 0 radical (unpaired) electrons. The van der Waals surface area contributed by atoms with E-state index in [1.54, 1.807) is 6.07 Å². The molecule has 2 heterocycles. The van der Waals surface area contributed by atoms with E-state index in [0.717, 1.165) is 21.1 Å². The minimum absolute atomic E-state index is 0.105. The van der Waals surface area contributed by atoms with Crippen molar-refractivity contribution in [3.8, 4) is 11.3 Å². The maximum absolute atomic E-state index is 12.6. The summed E-state index contributed by atoms with van der Waals surface area (Å²) in [5, 5.41) is 11.2. The summed E-state index contributed by atoms with van der Waals surface area (Å²) in [6, 6.07) is 9.37. The zero-order chi connectivity index (χ0) is 18.7. The number of hydrogen-bond donors (Lipinski definition) is 1. The summed E-state index contributed by atoms with van der Waals surface area (Å²) in [5.41, 5.74) is 1.61. The van der Waals surface area contributed by atoms with Gasteiger partial charge in [0.05, 0.1) is 5.69 Å². The lowest BCUT2D eigenvalue weighted by atomic mass is 10.1. The van der Waals surface area contributed by atoms with Crippen LogP contribution in [0.1, 0.15) is 20.3 Å². The van der Waals surface area contributed by atoms with E-state index in [9.17, 15) is 9.59 Å². The van der Waals surface area contributed by atoms with Crippen LogP contribution in [0.15, 0.2) is 45.9 Å². The van der Waals surface area contributed by atoms with Gasteiger partial charge in [-0.25, -0.2) is 9.20 Å². The number of halogens is 1. The molecule has 136 valence electrons. The lowest BCUT2D eigenvalue weighted by Crippen LogP contribution is -2.34. The molecule has 1 N–H and O–H groups in total. The van der Waals surface area contributed by atoms with E-state index in [4.69, 9.17) is 0 Å². The van der Waals surface area contributed by atoms with Crippen molar-refractivity contribution in [3.05, 3.63) is 51.5 Å². The monoisotopic (exact) mass is 417 g/mol. The molecule has 0 saturated heterocycles. The summed E-state index contributed by atoms with van der Waals surface area (Å²) < 4.78 is 3.57. The molecule has 0 unspecified atom stereocenters. The molecular formula is C18H20BrN5O2. The first-order valence-corrected chi connectivity index (χ1v) is 9.21. The smallest absolute Gasteiger partial charge is 0.293 e. The fourth-order valence-corrected chi connectivity index (χ4v) is 2.77. The molecule has 0 aliphatic heterocycles. The number of carbonyl (C=O) groups is 1. The normalized spacial score (nSPS) is 11.2. The lowest BCUT2D eigenvalue weighted by molar-refractivity contribution is -0.121. The van der Waals surface area contributed by atoms with Crippen molar-refractivity contribution in [2.45, 2.75) is 26.8 Å². The van der Waals surface area contributed by atoms with Crippen LogP contribution in [0.3, 0.4) is 0 Å². The molecule has 2 aromatic heterocycles. The number of fused-ring (bicyclic) bond motifs is 1. The molecule has 7 nitrogen and oxygen atoms in total. The van der Waals surface area contributed by atoms with Crippen molar-refractivity contribution < 1.29 is 4.79 Å². The molecule has 1 aromatic carbocycles. The van der Waals surface area contributed by atoms with Gasteiger partial charge >= 0.3 is 0 Å². The van der Waals surface area contributed by atoms with Gasteiger partial charge in [0.2, 0.25) is 5.91 Å². The average molecular weight is 418 g/mol. The molecule has 0 spiro atoms. The molecular weight excluding hydrogens is 398 g/mol. The standard InChI is InChI=1S/C18H20BrN5O2/c1-12(2)7-8-20-17(25)10-23-18(26)16-9-15(22-24(16)11-21-23)13-3-5-14(19)6-4-13/h3-6,9,11-12H,7-8,10H2,1-2H3,(H,20,25). The van der Waals surface area contributed by atoms with E-state index in [1.165, 1.54) is 10.8 Å². The largest absolute Gasteiger partial charge is 0.354 e. The van der Waals surface area contributed by atoms with E-state index in [-0.39, 0.29) is 18.0 Å². The van der Waals surface area contributed by atoms with Crippen LogP contribution in [0.2, 0.25) is 0 Å². The van der Waals surface area contributed by atoms with Crippen LogP contribution < -0.4 is 10.9 Å². The molecule has 0 aliphatic rings. The van der Waals surface area contributed by atoms with Gasteiger partial charge in [-0.3, -0.25) is 9.59 Å². The van der Waals surface area contributed by atoms with E-state index in [2.05, 4.69) is 45.3 Å². The molecule has 8 heteroatoms. The number of amides is 1. The third-order valence-electron chi connectivity index (χ3n) is 3.97. The maximum Gasteiger partial charge on any atom is 0.293 e. The quantitative estimate of drug-likeness (QED) is 0.667. The molecule has 0 saturated carbocycles. The van der Waals surface area contributed by atoms with Gasteiger partial charge in [-0.05, 0) is 30.5 Å². The fraction of sp³-hybridized carbons (Fsp3) is 0.333. The highest BCUT2D eigenvalue weighted by Gasteiger charge is 2.12. The summed E-state index contributed by atoms with van der Waals surface area (Å²) in [5.74, 6) is 0.286. The van der Waals surface area contributed by atoms with Crippen LogP contribution in [0, 0.1) is 5.92 Å². The molecule has 0 fully saturated rings. The number of rotatable bonds is 6. The van der Waals surface area contributed by atoms with Gasteiger partial charge in [-0.2, -0.15) is 10.2 Å². The van der Waals surface area contributed by atoms with Gasteiger partial charge in [0, 0.05) is 16.6 Å². The van der Waals surface area contributed by atoms with E-state index >= 15 is 0 Å². The number of hydrogen-bond acceptors (Lipinski definition) is 4. The zero-order valence-corrected chi connectivity index (χ0v) is 16.2. The minimum atomic E-state index is -0.345. The summed E-state index contributed by atoms with van der Waals surface area (Å²) >= 11 is 3.40. The molecule has 0 aliphatic carbocycles. The summed E-state index contributed by atoms with van der Waals surface area (Å²) in [4.78, 5) is 24.6. The summed E-state index contributed by atoms with van der Waals surface area (Å²) in [7, 11) is 0. The Labute approximate surface area is 159 Å². The van der Waals surface area contributed by atoms with Crippen LogP contribution in [0.4, 0.5) is 0 Å². The summed E-state index contributed by atoms with van der Waals surface area (Å²) in [6.07, 6.45) is 2.34. The Morgan fingerprint density at radius 1 is 1.27 bits per heavy atom. The molecule has 0 bridgehead atoms. The highest BCUT2D eigenvalue weighted by atomic mass is 79.9. The van der Waals surface area contributed by atoms with Crippen LogP contribution >= 0.6 is 15.9 Å². The van der Waals surface area contributed by atoms with Gasteiger partial charge in [0.25, 0.3) is 5.56 Å². The van der Waals surface area contributed by atoms with Crippen molar-refractivity contribution >= 4 is 27.4 Å². The second-order valence-electron chi connectivity index (χ2n) is 6.49. The Bertz CT molecular complexity index is 975. The molecule has 0 atom stereocenters. The number of aromatic nitrogens is 4. The van der Waals surface area contributed by atoms with Crippen molar-refractivity contribution in [2.75, 3.05) is 6.54 Å². The number of carbonyl (C=O) groups excluding carboxylic acids is 1. The van der Waals surface area contributed by atoms with Crippen molar-refractivity contribution in [3.63, 3.8) is 0 Å². The van der Waals surface area contributed by atoms with Crippen molar-refractivity contribution in [1.29, 1.82) is 0 Å². The van der Waals surface area contributed by atoms with Crippen LogP contribution in [-0.2, 0) is 11.3 Å². The third kappa shape index (κ3) is 4.19. The predicted molar refractivity (Wildman–Crippen MR) is 103 cm³/mol. The highest BCUT2D eigenvalue weighted by Crippen LogP contribution is 2.20. The average Bonchev–Trinajstić information content (AvgIpc) is 3.03. The number of benzene rings is 1. The molecule has 3 aromatic rings. The highest BCUT2D eigenvalue weighted by molar-refractivity contribution is 9.10. The maximum atomic E-state index is 12.6. The Balaban J connectivity index is 1.81. The van der Waals surface area contributed by atoms with Crippen LogP contribution in [0.5, 0.6) is 0 Å². The Morgan fingerprint density at radius 3 is 2.69 bits per heavy atom. The van der Waals surface area contributed by atoms with Crippen LogP contribution in [0.25, 0.3) is 16.8 Å². The lowest BCUT2D eigenvalue weighted by Gasteiger charge is -2.08.